The lowest BCUT2D eigenvalue weighted by molar-refractivity contribution is -0.135. The molecule has 1 fully saturated rings. The van der Waals surface area contributed by atoms with Crippen molar-refractivity contribution < 1.29 is 14.3 Å². The van der Waals surface area contributed by atoms with Gasteiger partial charge in [0.1, 0.15) is 15.5 Å². The van der Waals surface area contributed by atoms with Crippen LogP contribution in [-0.2, 0) is 9.53 Å². The Bertz CT molecular complexity index is 1350. The Balaban J connectivity index is 1.25. The average Bonchev–Trinajstić information content (AvgIpc) is 3.38. The van der Waals surface area contributed by atoms with E-state index in [-0.39, 0.29) is 23.3 Å². The van der Waals surface area contributed by atoms with Crippen LogP contribution in [0.5, 0.6) is 0 Å². The van der Waals surface area contributed by atoms with Gasteiger partial charge < -0.3 is 15.4 Å². The van der Waals surface area contributed by atoms with E-state index in [0.29, 0.717) is 34.8 Å². The number of carbonyl (C=O) groups is 2. The third kappa shape index (κ3) is 4.16. The fourth-order valence-corrected chi connectivity index (χ4v) is 6.41. The summed E-state index contributed by atoms with van der Waals surface area (Å²) in [6, 6.07) is 8.06. The van der Waals surface area contributed by atoms with E-state index in [0.717, 1.165) is 45.1 Å². The number of carbonyl (C=O) groups excluding carboxylic acids is 2. The summed E-state index contributed by atoms with van der Waals surface area (Å²) in [5, 5.41) is 1.72. The molecule has 4 heterocycles. The van der Waals surface area contributed by atoms with Crippen molar-refractivity contribution in [3.63, 3.8) is 0 Å². The molecule has 0 bridgehead atoms. The number of ether oxygens (including phenoxy) is 1. The van der Waals surface area contributed by atoms with Crippen LogP contribution in [0.1, 0.15) is 45.0 Å². The number of anilines is 1. The SMILES string of the molecule is Cc1nc(C)c2c(N)c(C(=O)OCC(=O)N3CCC[C@@H](c4nc5ccccc5s4)C3)sc2n1. The molecule has 1 aliphatic heterocycles. The van der Waals surface area contributed by atoms with Crippen LogP contribution in [0, 0.1) is 13.8 Å². The second kappa shape index (κ2) is 8.68. The van der Waals surface area contributed by atoms with E-state index in [1.54, 1.807) is 23.2 Å². The van der Waals surface area contributed by atoms with Gasteiger partial charge in [0.15, 0.2) is 6.61 Å². The van der Waals surface area contributed by atoms with Crippen LogP contribution in [0.25, 0.3) is 20.4 Å². The van der Waals surface area contributed by atoms with Gasteiger partial charge in [-0.3, -0.25) is 4.79 Å². The number of amides is 1. The van der Waals surface area contributed by atoms with Crippen molar-refractivity contribution in [2.45, 2.75) is 32.6 Å². The van der Waals surface area contributed by atoms with Gasteiger partial charge in [-0.25, -0.2) is 19.7 Å². The number of nitrogens with zero attached hydrogens (tertiary/aromatic N) is 4. The molecule has 1 aromatic carbocycles. The molecule has 1 aliphatic rings. The van der Waals surface area contributed by atoms with Crippen molar-refractivity contribution in [3.8, 4) is 0 Å². The molecule has 4 aromatic rings. The molecule has 1 atom stereocenters. The molecule has 33 heavy (non-hydrogen) atoms. The van der Waals surface area contributed by atoms with E-state index in [4.69, 9.17) is 15.5 Å². The number of thiophene rings is 1. The lowest BCUT2D eigenvalue weighted by atomic mass is 9.99. The summed E-state index contributed by atoms with van der Waals surface area (Å²) in [5.41, 5.74) is 8.20. The number of fused-ring (bicyclic) bond motifs is 2. The fraction of sp³-hybridized carbons (Fsp3) is 0.348. The van der Waals surface area contributed by atoms with Gasteiger partial charge >= 0.3 is 5.97 Å². The molecule has 0 aliphatic carbocycles. The smallest absolute Gasteiger partial charge is 0.351 e. The van der Waals surface area contributed by atoms with Gasteiger partial charge in [-0.1, -0.05) is 12.1 Å². The zero-order valence-electron chi connectivity index (χ0n) is 18.3. The van der Waals surface area contributed by atoms with E-state index in [2.05, 4.69) is 16.0 Å². The topological polar surface area (TPSA) is 111 Å². The number of piperidine rings is 1. The molecule has 170 valence electrons. The van der Waals surface area contributed by atoms with E-state index in [1.165, 1.54) is 0 Å². The number of hydrogen-bond donors (Lipinski definition) is 1. The van der Waals surface area contributed by atoms with Crippen molar-refractivity contribution in [3.05, 3.63) is 45.7 Å². The van der Waals surface area contributed by atoms with Crippen molar-refractivity contribution >= 4 is 60.7 Å². The zero-order chi connectivity index (χ0) is 23.1. The van der Waals surface area contributed by atoms with Gasteiger partial charge in [-0.05, 0) is 38.8 Å². The monoisotopic (exact) mass is 481 g/mol. The second-order valence-corrected chi connectivity index (χ2v) is 10.2. The van der Waals surface area contributed by atoms with Crippen molar-refractivity contribution in [1.82, 2.24) is 19.9 Å². The maximum Gasteiger partial charge on any atom is 0.351 e. The summed E-state index contributed by atoms with van der Waals surface area (Å²) in [6.07, 6.45) is 1.88. The van der Waals surface area contributed by atoms with Gasteiger partial charge in [0.2, 0.25) is 0 Å². The third-order valence-corrected chi connectivity index (χ3v) is 8.11. The molecule has 8 nitrogen and oxygen atoms in total. The van der Waals surface area contributed by atoms with E-state index >= 15 is 0 Å². The quantitative estimate of drug-likeness (QED) is 0.438. The van der Waals surface area contributed by atoms with Gasteiger partial charge in [0.25, 0.3) is 5.91 Å². The zero-order valence-corrected chi connectivity index (χ0v) is 20.0. The Morgan fingerprint density at radius 2 is 2.00 bits per heavy atom. The molecule has 1 amide bonds. The number of thiazole rings is 1. The molecule has 0 radical (unpaired) electrons. The van der Waals surface area contributed by atoms with Crippen LogP contribution < -0.4 is 5.73 Å². The fourth-order valence-electron chi connectivity index (χ4n) is 4.24. The van der Waals surface area contributed by atoms with Crippen LogP contribution >= 0.6 is 22.7 Å². The van der Waals surface area contributed by atoms with E-state index < -0.39 is 5.97 Å². The summed E-state index contributed by atoms with van der Waals surface area (Å²) < 4.78 is 6.51. The molecule has 0 spiro atoms. The van der Waals surface area contributed by atoms with Gasteiger partial charge in [-0.2, -0.15) is 0 Å². The molecular weight excluding hydrogens is 458 g/mol. The standard InChI is InChI=1S/C23H23N5O3S2/c1-12-18-19(24)20(33-22(18)26-13(2)25-12)23(30)31-11-17(29)28-9-5-6-14(10-28)21-27-15-7-3-4-8-16(15)32-21/h3-4,7-8,14H,5-6,9-11,24H2,1-2H3/t14-/m1/s1. The number of rotatable bonds is 4. The first kappa shape index (κ1) is 21.7. The second-order valence-electron chi connectivity index (χ2n) is 8.16. The number of likely N-dealkylation sites (tertiary alicyclic amines) is 1. The van der Waals surface area contributed by atoms with Gasteiger partial charge in [0, 0.05) is 19.0 Å². The highest BCUT2D eigenvalue weighted by atomic mass is 32.1. The van der Waals surface area contributed by atoms with Crippen LogP contribution in [0.3, 0.4) is 0 Å². The Morgan fingerprint density at radius 1 is 1.18 bits per heavy atom. The van der Waals surface area contributed by atoms with Crippen LogP contribution in [0.2, 0.25) is 0 Å². The number of benzene rings is 1. The first-order chi connectivity index (χ1) is 15.9. The highest BCUT2D eigenvalue weighted by molar-refractivity contribution is 7.21. The lowest BCUT2D eigenvalue weighted by Crippen LogP contribution is -2.41. The third-order valence-electron chi connectivity index (χ3n) is 5.83. The minimum atomic E-state index is -0.611. The number of aromatic nitrogens is 3. The Morgan fingerprint density at radius 3 is 2.82 bits per heavy atom. The van der Waals surface area contributed by atoms with Crippen LogP contribution in [-0.4, -0.2) is 51.4 Å². The molecular formula is C23H23N5O3S2. The van der Waals surface area contributed by atoms with E-state index in [1.807, 2.05) is 25.1 Å². The van der Waals surface area contributed by atoms with Crippen molar-refractivity contribution in [2.24, 2.45) is 0 Å². The summed E-state index contributed by atoms with van der Waals surface area (Å²) in [6.45, 7) is 4.53. The molecule has 3 aromatic heterocycles. The number of nitrogen functional groups attached to an aromatic ring is 1. The summed E-state index contributed by atoms with van der Waals surface area (Å²) in [7, 11) is 0. The van der Waals surface area contributed by atoms with Crippen LogP contribution in [0.15, 0.2) is 24.3 Å². The summed E-state index contributed by atoms with van der Waals surface area (Å²) in [4.78, 5) is 41.6. The Hall–Kier alpha value is -3.11. The Kier molecular flexibility index (Phi) is 5.71. The summed E-state index contributed by atoms with van der Waals surface area (Å²) >= 11 is 2.85. The highest BCUT2D eigenvalue weighted by Crippen LogP contribution is 2.35. The number of nitrogens with two attached hydrogens (primary N) is 1. The largest absolute Gasteiger partial charge is 0.451 e. The summed E-state index contributed by atoms with van der Waals surface area (Å²) in [5.74, 6) is -0.00995. The molecule has 0 unspecified atom stereocenters. The number of hydrogen-bond acceptors (Lipinski definition) is 9. The van der Waals surface area contributed by atoms with Crippen molar-refractivity contribution in [2.75, 3.05) is 25.4 Å². The first-order valence-electron chi connectivity index (χ1n) is 10.7. The highest BCUT2D eigenvalue weighted by Gasteiger charge is 2.28. The number of aryl methyl sites for hydroxylation is 2. The molecule has 10 heteroatoms. The van der Waals surface area contributed by atoms with Gasteiger partial charge in [-0.15, -0.1) is 22.7 Å². The minimum absolute atomic E-state index is 0.193. The van der Waals surface area contributed by atoms with Crippen LogP contribution in [0.4, 0.5) is 5.69 Å². The predicted molar refractivity (Wildman–Crippen MR) is 130 cm³/mol. The van der Waals surface area contributed by atoms with Gasteiger partial charge in [0.05, 0.1) is 32.0 Å². The molecule has 0 saturated carbocycles. The Labute approximate surface area is 198 Å². The molecule has 5 rings (SSSR count). The predicted octanol–water partition coefficient (Wildman–Crippen LogP) is 4.06. The molecule has 2 N–H and O–H groups in total. The van der Waals surface area contributed by atoms with Crippen molar-refractivity contribution in [1.29, 1.82) is 0 Å². The van der Waals surface area contributed by atoms with E-state index in [9.17, 15) is 9.59 Å². The number of para-hydroxylation sites is 1. The number of esters is 1. The normalized spacial score (nSPS) is 16.4. The minimum Gasteiger partial charge on any atom is -0.451 e. The molecule has 1 saturated heterocycles. The lowest BCUT2D eigenvalue weighted by Gasteiger charge is -2.31. The first-order valence-corrected chi connectivity index (χ1v) is 12.4. The average molecular weight is 482 g/mol. The maximum atomic E-state index is 12.8. The maximum absolute atomic E-state index is 12.8.